The van der Waals surface area contributed by atoms with E-state index >= 15 is 0 Å². The van der Waals surface area contributed by atoms with Gasteiger partial charge in [0.2, 0.25) is 0 Å². The van der Waals surface area contributed by atoms with Crippen LogP contribution in [0.25, 0.3) is 22.6 Å². The molecule has 4 heterocycles. The highest BCUT2D eigenvalue weighted by Crippen LogP contribution is 2.37. The molecule has 1 amide bonds. The number of benzene rings is 2. The van der Waals surface area contributed by atoms with Crippen LogP contribution in [-0.2, 0) is 0 Å². The zero-order valence-corrected chi connectivity index (χ0v) is 19.0. The summed E-state index contributed by atoms with van der Waals surface area (Å²) in [4.78, 5) is 27.2. The minimum atomic E-state index is -0.0180. The normalized spacial score (nSPS) is 19.4. The molecule has 2 atom stereocenters. The van der Waals surface area contributed by atoms with E-state index < -0.39 is 0 Å². The van der Waals surface area contributed by atoms with E-state index in [-0.39, 0.29) is 11.9 Å². The van der Waals surface area contributed by atoms with Crippen LogP contribution in [0.2, 0.25) is 0 Å². The first kappa shape index (κ1) is 20.6. The number of aryl methyl sites for hydroxylation is 1. The maximum Gasteiger partial charge on any atom is 0.259 e. The molecule has 7 nitrogen and oxygen atoms in total. The van der Waals surface area contributed by atoms with Gasteiger partial charge < -0.3 is 14.3 Å². The Hall–Kier alpha value is -4.00. The fourth-order valence-electron chi connectivity index (χ4n) is 5.05. The Balaban J connectivity index is 1.23. The number of hydrogen-bond acceptors (Lipinski definition) is 6. The van der Waals surface area contributed by atoms with Crippen molar-refractivity contribution in [3.63, 3.8) is 0 Å². The number of hydrogen-bond donors (Lipinski definition) is 0. The highest BCUT2D eigenvalue weighted by Gasteiger charge is 2.45. The Morgan fingerprint density at radius 3 is 2.47 bits per heavy atom. The molecule has 2 fully saturated rings. The molecule has 0 N–H and O–H groups in total. The highest BCUT2D eigenvalue weighted by molar-refractivity contribution is 6.01. The third-order valence-electron chi connectivity index (χ3n) is 6.93. The van der Waals surface area contributed by atoms with Crippen LogP contribution < -0.4 is 4.90 Å². The first-order chi connectivity index (χ1) is 16.7. The second-order valence-corrected chi connectivity index (χ2v) is 8.95. The van der Waals surface area contributed by atoms with Crippen LogP contribution in [0.4, 0.5) is 5.82 Å². The Labute approximate surface area is 198 Å². The molecule has 4 aromatic rings. The van der Waals surface area contributed by atoms with Crippen molar-refractivity contribution in [2.75, 3.05) is 24.5 Å². The molecule has 170 valence electrons. The number of anilines is 1. The van der Waals surface area contributed by atoms with Crippen molar-refractivity contribution >= 4 is 11.7 Å². The number of fused-ring (bicyclic) bond motifs is 1. The van der Waals surface area contributed by atoms with E-state index in [2.05, 4.69) is 15.0 Å². The molecular weight excluding hydrogens is 426 g/mol. The molecule has 2 unspecified atom stereocenters. The van der Waals surface area contributed by atoms with Crippen LogP contribution in [0.5, 0.6) is 0 Å². The maximum atomic E-state index is 13.6. The molecule has 2 saturated heterocycles. The first-order valence-corrected chi connectivity index (χ1v) is 11.6. The minimum Gasteiger partial charge on any atom is -0.360 e. The molecule has 2 aromatic carbocycles. The molecule has 0 aliphatic carbocycles. The summed E-state index contributed by atoms with van der Waals surface area (Å²) in [5, 5.41) is 4.20. The van der Waals surface area contributed by atoms with E-state index in [1.165, 1.54) is 0 Å². The fraction of sp³-hybridized carbons (Fsp3) is 0.259. The average Bonchev–Trinajstić information content (AvgIpc) is 3.27. The van der Waals surface area contributed by atoms with Gasteiger partial charge in [-0.25, -0.2) is 9.97 Å². The summed E-state index contributed by atoms with van der Waals surface area (Å²) in [6.07, 6.45) is 2.80. The predicted octanol–water partition coefficient (Wildman–Crippen LogP) is 4.46. The number of aromatic nitrogens is 3. The SMILES string of the molecule is Cc1onc(-c2ccccc2)c1C(=O)N1CCC2CN(c3ccnc(-c4ccccc4)n3)C2C1. The second kappa shape index (κ2) is 8.41. The number of rotatable bonds is 4. The van der Waals surface area contributed by atoms with Gasteiger partial charge in [-0.1, -0.05) is 65.8 Å². The van der Waals surface area contributed by atoms with Gasteiger partial charge in [0.05, 0.1) is 6.04 Å². The smallest absolute Gasteiger partial charge is 0.259 e. The van der Waals surface area contributed by atoms with Crippen molar-refractivity contribution in [1.29, 1.82) is 0 Å². The summed E-state index contributed by atoms with van der Waals surface area (Å²) in [7, 11) is 0. The lowest BCUT2D eigenvalue weighted by atomic mass is 9.82. The van der Waals surface area contributed by atoms with Crippen molar-refractivity contribution in [2.45, 2.75) is 19.4 Å². The average molecular weight is 452 g/mol. The Bertz CT molecular complexity index is 1320. The van der Waals surface area contributed by atoms with Crippen LogP contribution in [0.15, 0.2) is 77.4 Å². The third kappa shape index (κ3) is 3.53. The molecule has 2 aliphatic heterocycles. The summed E-state index contributed by atoms with van der Waals surface area (Å²) in [5.41, 5.74) is 3.05. The van der Waals surface area contributed by atoms with Crippen LogP contribution in [-0.4, -0.2) is 51.6 Å². The van der Waals surface area contributed by atoms with E-state index in [9.17, 15) is 4.79 Å². The lowest BCUT2D eigenvalue weighted by Crippen LogP contribution is -2.65. The van der Waals surface area contributed by atoms with Crippen molar-refractivity contribution in [3.05, 3.63) is 84.3 Å². The lowest BCUT2D eigenvalue weighted by Gasteiger charge is -2.54. The fourth-order valence-corrected chi connectivity index (χ4v) is 5.05. The number of piperidine rings is 1. The molecule has 2 aliphatic rings. The summed E-state index contributed by atoms with van der Waals surface area (Å²) in [6, 6.07) is 21.9. The van der Waals surface area contributed by atoms with Crippen molar-refractivity contribution in [3.8, 4) is 22.6 Å². The quantitative estimate of drug-likeness (QED) is 0.456. The number of amides is 1. The van der Waals surface area contributed by atoms with Gasteiger partial charge in [-0.05, 0) is 19.4 Å². The lowest BCUT2D eigenvalue weighted by molar-refractivity contribution is 0.0590. The maximum absolute atomic E-state index is 13.6. The van der Waals surface area contributed by atoms with Gasteiger partial charge in [0.15, 0.2) is 5.82 Å². The standard InChI is InChI=1S/C27H25N5O2/c1-18-24(25(30-34-18)19-8-4-2-5-9-19)27(33)31-15-13-21-16-32(22(21)17-31)23-12-14-28-26(29-23)20-10-6-3-7-11-20/h2-12,14,21-22H,13,15-17H2,1H3. The van der Waals surface area contributed by atoms with Gasteiger partial charge >= 0.3 is 0 Å². The zero-order chi connectivity index (χ0) is 23.1. The van der Waals surface area contributed by atoms with Crippen LogP contribution >= 0.6 is 0 Å². The van der Waals surface area contributed by atoms with Crippen molar-refractivity contribution in [1.82, 2.24) is 20.0 Å². The highest BCUT2D eigenvalue weighted by atomic mass is 16.5. The number of nitrogens with zero attached hydrogens (tertiary/aromatic N) is 5. The van der Waals surface area contributed by atoms with Crippen molar-refractivity contribution in [2.24, 2.45) is 5.92 Å². The zero-order valence-electron chi connectivity index (χ0n) is 19.0. The number of carbonyl (C=O) groups is 1. The Morgan fingerprint density at radius 1 is 0.971 bits per heavy atom. The molecule has 0 bridgehead atoms. The monoisotopic (exact) mass is 451 g/mol. The van der Waals surface area contributed by atoms with Gasteiger partial charge in [-0.2, -0.15) is 0 Å². The summed E-state index contributed by atoms with van der Waals surface area (Å²) >= 11 is 0. The van der Waals surface area contributed by atoms with Crippen LogP contribution in [0.3, 0.4) is 0 Å². The van der Waals surface area contributed by atoms with Crippen LogP contribution in [0, 0.1) is 12.8 Å². The van der Waals surface area contributed by atoms with Gasteiger partial charge in [-0.3, -0.25) is 4.79 Å². The van der Waals surface area contributed by atoms with Gasteiger partial charge in [-0.15, -0.1) is 0 Å². The van der Waals surface area contributed by atoms with E-state index in [1.807, 2.05) is 77.8 Å². The molecule has 34 heavy (non-hydrogen) atoms. The molecule has 6 rings (SSSR count). The molecular formula is C27H25N5O2. The molecule has 7 heteroatoms. The van der Waals surface area contributed by atoms with E-state index in [1.54, 1.807) is 6.92 Å². The minimum absolute atomic E-state index is 0.0180. The molecule has 0 spiro atoms. The molecule has 2 aromatic heterocycles. The van der Waals surface area contributed by atoms with E-state index in [4.69, 9.17) is 9.51 Å². The Morgan fingerprint density at radius 2 is 1.71 bits per heavy atom. The summed E-state index contributed by atoms with van der Waals surface area (Å²) in [6.45, 7) is 4.17. The number of likely N-dealkylation sites (tertiary alicyclic amines) is 1. The van der Waals surface area contributed by atoms with E-state index in [0.29, 0.717) is 29.5 Å². The molecule has 0 radical (unpaired) electrons. The Kier molecular flexibility index (Phi) is 5.09. The largest absolute Gasteiger partial charge is 0.360 e. The van der Waals surface area contributed by atoms with Crippen molar-refractivity contribution < 1.29 is 9.32 Å². The van der Waals surface area contributed by atoms with E-state index in [0.717, 1.165) is 42.3 Å². The second-order valence-electron chi connectivity index (χ2n) is 8.95. The first-order valence-electron chi connectivity index (χ1n) is 11.6. The number of carbonyl (C=O) groups excluding carboxylic acids is 1. The third-order valence-corrected chi connectivity index (χ3v) is 6.93. The molecule has 0 saturated carbocycles. The van der Waals surface area contributed by atoms with Gasteiger partial charge in [0.25, 0.3) is 5.91 Å². The summed E-state index contributed by atoms with van der Waals surface area (Å²) < 4.78 is 5.44. The van der Waals surface area contributed by atoms with Gasteiger partial charge in [0, 0.05) is 42.9 Å². The van der Waals surface area contributed by atoms with Gasteiger partial charge in [0.1, 0.15) is 22.8 Å². The van der Waals surface area contributed by atoms with Crippen LogP contribution in [0.1, 0.15) is 22.5 Å². The topological polar surface area (TPSA) is 75.4 Å². The predicted molar refractivity (Wildman–Crippen MR) is 129 cm³/mol. The summed E-state index contributed by atoms with van der Waals surface area (Å²) in [5.74, 6) is 2.74.